The summed E-state index contributed by atoms with van der Waals surface area (Å²) in [5.74, 6) is 0.970. The summed E-state index contributed by atoms with van der Waals surface area (Å²) in [5.41, 5.74) is 2.42. The van der Waals surface area contributed by atoms with Crippen molar-refractivity contribution in [3.63, 3.8) is 0 Å². The highest BCUT2D eigenvalue weighted by Crippen LogP contribution is 2.29. The summed E-state index contributed by atoms with van der Waals surface area (Å²) in [6.07, 6.45) is 0. The van der Waals surface area contributed by atoms with E-state index < -0.39 is 0 Å². The van der Waals surface area contributed by atoms with Crippen molar-refractivity contribution in [2.24, 2.45) is 4.99 Å². The van der Waals surface area contributed by atoms with Crippen LogP contribution in [0.3, 0.4) is 0 Å². The quantitative estimate of drug-likeness (QED) is 0.745. The molecular weight excluding hydrogens is 228 g/mol. The van der Waals surface area contributed by atoms with Gasteiger partial charge in [-0.15, -0.1) is 0 Å². The summed E-state index contributed by atoms with van der Waals surface area (Å²) < 4.78 is 1.87. The summed E-state index contributed by atoms with van der Waals surface area (Å²) >= 11 is 10.2. The molecule has 0 spiro atoms. The van der Waals surface area contributed by atoms with E-state index in [2.05, 4.69) is 24.7 Å². The van der Waals surface area contributed by atoms with Crippen molar-refractivity contribution >= 4 is 30.3 Å². The number of benzene rings is 1. The molecule has 0 radical (unpaired) electrons. The molecule has 0 amide bonds. The van der Waals surface area contributed by atoms with E-state index in [1.165, 1.54) is 11.1 Å². The zero-order valence-electron chi connectivity index (χ0n) is 8.74. The van der Waals surface area contributed by atoms with Crippen molar-refractivity contribution in [2.45, 2.75) is 19.9 Å². The largest absolute Gasteiger partial charge is 0.305 e. The first-order valence-corrected chi connectivity index (χ1v) is 5.62. The molecule has 0 bridgehead atoms. The van der Waals surface area contributed by atoms with Gasteiger partial charge >= 0.3 is 0 Å². The number of rotatable bonds is 1. The Morgan fingerprint density at radius 1 is 1.47 bits per heavy atom. The summed E-state index contributed by atoms with van der Waals surface area (Å²) in [6, 6.07) is 6.13. The van der Waals surface area contributed by atoms with Crippen molar-refractivity contribution in [1.29, 1.82) is 0 Å². The first-order chi connectivity index (χ1) is 7.08. The second-order valence-corrected chi connectivity index (χ2v) is 4.69. The minimum atomic E-state index is 0.194. The van der Waals surface area contributed by atoms with Gasteiger partial charge in [0.2, 0.25) is 0 Å². The monoisotopic (exact) mass is 240 g/mol. The predicted octanol–water partition coefficient (Wildman–Crippen LogP) is 3.27. The average molecular weight is 241 g/mol. The molecule has 1 atom stereocenters. The minimum absolute atomic E-state index is 0.194. The molecule has 1 unspecified atom stereocenters. The van der Waals surface area contributed by atoms with Crippen LogP contribution in [0.4, 0.5) is 0 Å². The van der Waals surface area contributed by atoms with Crippen molar-refractivity contribution < 1.29 is 0 Å². The molecule has 0 saturated heterocycles. The van der Waals surface area contributed by atoms with Crippen LogP contribution in [0.5, 0.6) is 0 Å². The third-order valence-corrected chi connectivity index (χ3v) is 3.34. The smallest absolute Gasteiger partial charge is 0.106 e. The van der Waals surface area contributed by atoms with Crippen molar-refractivity contribution in [3.8, 4) is 0 Å². The predicted molar refractivity (Wildman–Crippen MR) is 67.7 cm³/mol. The maximum Gasteiger partial charge on any atom is 0.106 e. The molecule has 0 aliphatic carbocycles. The van der Waals surface area contributed by atoms with Gasteiger partial charge < -0.3 is 4.31 Å². The lowest BCUT2D eigenvalue weighted by molar-refractivity contribution is 0.638. The lowest BCUT2D eigenvalue weighted by Gasteiger charge is -2.13. The highest BCUT2D eigenvalue weighted by atomic mass is 35.5. The number of hydrogen-bond acceptors (Lipinski definition) is 3. The Bertz CT molecular complexity index is 417. The summed E-state index contributed by atoms with van der Waals surface area (Å²) in [7, 11) is 0. The lowest BCUT2D eigenvalue weighted by Crippen LogP contribution is -2.14. The normalized spacial score (nSPS) is 20.7. The molecule has 15 heavy (non-hydrogen) atoms. The van der Waals surface area contributed by atoms with E-state index in [0.29, 0.717) is 0 Å². The standard InChI is InChI=1S/C11H13ClN2S/c1-7-5-9(12)3-4-10(7)11-6-14(15)8(2)13-11/h3-5,11,15H,6H2,1-2H3. The van der Waals surface area contributed by atoms with E-state index in [0.717, 1.165) is 17.4 Å². The van der Waals surface area contributed by atoms with Gasteiger partial charge in [0, 0.05) is 5.02 Å². The van der Waals surface area contributed by atoms with Gasteiger partial charge in [0.1, 0.15) is 5.84 Å². The van der Waals surface area contributed by atoms with Gasteiger partial charge in [0.25, 0.3) is 0 Å². The second kappa shape index (κ2) is 4.06. The molecule has 0 fully saturated rings. The maximum atomic E-state index is 5.92. The van der Waals surface area contributed by atoms with E-state index in [-0.39, 0.29) is 6.04 Å². The average Bonchev–Trinajstić information content (AvgIpc) is 2.46. The molecule has 80 valence electrons. The van der Waals surface area contributed by atoms with Gasteiger partial charge in [-0.1, -0.05) is 30.5 Å². The summed E-state index contributed by atoms with van der Waals surface area (Å²) in [6.45, 7) is 4.86. The molecule has 1 aromatic rings. The molecule has 1 heterocycles. The molecule has 2 rings (SSSR count). The Hall–Kier alpha value is -0.670. The van der Waals surface area contributed by atoms with Crippen LogP contribution < -0.4 is 0 Å². The van der Waals surface area contributed by atoms with E-state index in [4.69, 9.17) is 11.6 Å². The molecule has 0 saturated carbocycles. The van der Waals surface area contributed by atoms with Crippen molar-refractivity contribution in [2.75, 3.05) is 6.54 Å². The van der Waals surface area contributed by atoms with Gasteiger partial charge in [0.15, 0.2) is 0 Å². The lowest BCUT2D eigenvalue weighted by atomic mass is 10.0. The minimum Gasteiger partial charge on any atom is -0.305 e. The summed E-state index contributed by atoms with van der Waals surface area (Å²) in [4.78, 5) is 4.55. The van der Waals surface area contributed by atoms with Crippen LogP contribution in [-0.2, 0) is 0 Å². The molecule has 0 N–H and O–H groups in total. The zero-order chi connectivity index (χ0) is 11.0. The molecule has 1 aromatic carbocycles. The van der Waals surface area contributed by atoms with E-state index >= 15 is 0 Å². The van der Waals surface area contributed by atoms with Crippen LogP contribution >= 0.6 is 24.4 Å². The first-order valence-electron chi connectivity index (χ1n) is 4.85. The van der Waals surface area contributed by atoms with Crippen LogP contribution in [-0.4, -0.2) is 16.7 Å². The van der Waals surface area contributed by atoms with Gasteiger partial charge in [-0.2, -0.15) is 0 Å². The molecule has 4 heteroatoms. The van der Waals surface area contributed by atoms with Crippen LogP contribution in [0.1, 0.15) is 24.1 Å². The highest BCUT2D eigenvalue weighted by Gasteiger charge is 2.22. The molecule has 0 aromatic heterocycles. The first kappa shape index (κ1) is 10.8. The third kappa shape index (κ3) is 2.13. The van der Waals surface area contributed by atoms with E-state index in [1.54, 1.807) is 0 Å². The number of halogens is 1. The Kier molecular flexibility index (Phi) is 2.94. The number of hydrogen-bond donors (Lipinski definition) is 1. The van der Waals surface area contributed by atoms with E-state index in [1.807, 2.05) is 29.4 Å². The van der Waals surface area contributed by atoms with Gasteiger partial charge in [-0.3, -0.25) is 4.99 Å². The Labute approximate surface area is 100 Å². The molecule has 1 aliphatic rings. The Morgan fingerprint density at radius 2 is 2.20 bits per heavy atom. The Morgan fingerprint density at radius 3 is 2.73 bits per heavy atom. The number of nitrogens with zero attached hydrogens (tertiary/aromatic N) is 2. The van der Waals surface area contributed by atoms with Gasteiger partial charge in [0.05, 0.1) is 12.6 Å². The highest BCUT2D eigenvalue weighted by molar-refractivity contribution is 7.78. The number of aliphatic imine (C=N–C) groups is 1. The number of amidine groups is 1. The molecule has 1 aliphatic heterocycles. The van der Waals surface area contributed by atoms with Crippen LogP contribution in [0, 0.1) is 6.92 Å². The van der Waals surface area contributed by atoms with Crippen LogP contribution in [0.2, 0.25) is 5.02 Å². The van der Waals surface area contributed by atoms with Gasteiger partial charge in [-0.25, -0.2) is 0 Å². The fourth-order valence-electron chi connectivity index (χ4n) is 1.81. The number of thiol groups is 1. The zero-order valence-corrected chi connectivity index (χ0v) is 10.4. The fraction of sp³-hybridized carbons (Fsp3) is 0.364. The second-order valence-electron chi connectivity index (χ2n) is 3.78. The van der Waals surface area contributed by atoms with Gasteiger partial charge in [-0.05, 0) is 37.1 Å². The molecule has 2 nitrogen and oxygen atoms in total. The fourth-order valence-corrected chi connectivity index (χ4v) is 2.24. The number of aryl methyl sites for hydroxylation is 1. The van der Waals surface area contributed by atoms with Crippen LogP contribution in [0.25, 0.3) is 0 Å². The van der Waals surface area contributed by atoms with Crippen LogP contribution in [0.15, 0.2) is 23.2 Å². The Balaban J connectivity index is 2.32. The third-order valence-electron chi connectivity index (χ3n) is 2.65. The summed E-state index contributed by atoms with van der Waals surface area (Å²) in [5, 5.41) is 0.776. The van der Waals surface area contributed by atoms with E-state index in [9.17, 15) is 0 Å². The van der Waals surface area contributed by atoms with Crippen molar-refractivity contribution in [1.82, 2.24) is 4.31 Å². The topological polar surface area (TPSA) is 15.6 Å². The maximum absolute atomic E-state index is 5.92. The molecular formula is C11H13ClN2S. The van der Waals surface area contributed by atoms with Crippen molar-refractivity contribution in [3.05, 3.63) is 34.3 Å². The SMILES string of the molecule is CC1=NC(c2ccc(Cl)cc2C)CN1S.